The second kappa shape index (κ2) is 8.92. The van der Waals surface area contributed by atoms with Gasteiger partial charge in [0.25, 0.3) is 5.69 Å². The third kappa shape index (κ3) is 5.24. The van der Waals surface area contributed by atoms with Crippen LogP contribution in [0.5, 0.6) is 5.75 Å². The molecule has 3 rings (SSSR count). The number of nitrogens with zero attached hydrogens (tertiary/aromatic N) is 3. The third-order valence-corrected chi connectivity index (χ3v) is 4.90. The fraction of sp³-hybridized carbons (Fsp3) is 0.368. The predicted octanol–water partition coefficient (Wildman–Crippen LogP) is 3.42. The van der Waals surface area contributed by atoms with E-state index < -0.39 is 4.92 Å². The Bertz CT molecular complexity index is 777. The Morgan fingerprint density at radius 3 is 2.48 bits per heavy atom. The van der Waals surface area contributed by atoms with Gasteiger partial charge in [-0.3, -0.25) is 15.0 Å². The average molecular weight is 391 g/mol. The highest BCUT2D eigenvalue weighted by Gasteiger charge is 2.17. The molecule has 1 heterocycles. The molecular weight excluding hydrogens is 368 g/mol. The standard InChI is InChI=1S/C19H23ClN4O3/c20-15-2-4-16(5-3-15)23-11-9-22(10-12-23)8-1-13-27-17-6-7-18(21)19(14-17)24(25)26/h2-7,14H,1,8-13,21H2. The van der Waals surface area contributed by atoms with E-state index in [1.165, 1.54) is 17.8 Å². The predicted molar refractivity (Wildman–Crippen MR) is 108 cm³/mol. The second-order valence-corrected chi connectivity index (χ2v) is 6.92. The lowest BCUT2D eigenvalue weighted by atomic mass is 10.2. The first kappa shape index (κ1) is 19.3. The van der Waals surface area contributed by atoms with Crippen molar-refractivity contribution in [3.8, 4) is 5.75 Å². The molecule has 7 nitrogen and oxygen atoms in total. The van der Waals surface area contributed by atoms with Crippen LogP contribution in [0, 0.1) is 10.1 Å². The zero-order valence-corrected chi connectivity index (χ0v) is 15.8. The molecule has 0 radical (unpaired) electrons. The van der Waals surface area contributed by atoms with Gasteiger partial charge in [-0.15, -0.1) is 0 Å². The SMILES string of the molecule is Nc1ccc(OCCCN2CCN(c3ccc(Cl)cc3)CC2)cc1[N+](=O)[O-]. The van der Waals surface area contributed by atoms with E-state index in [-0.39, 0.29) is 11.4 Å². The maximum atomic E-state index is 10.9. The summed E-state index contributed by atoms with van der Waals surface area (Å²) in [6, 6.07) is 12.5. The molecule has 2 N–H and O–H groups in total. The Labute approximate surface area is 163 Å². The molecule has 8 heteroatoms. The summed E-state index contributed by atoms with van der Waals surface area (Å²) in [4.78, 5) is 15.2. The van der Waals surface area contributed by atoms with Crippen molar-refractivity contribution in [2.45, 2.75) is 6.42 Å². The molecule has 0 amide bonds. The maximum Gasteiger partial charge on any atom is 0.295 e. The van der Waals surface area contributed by atoms with E-state index in [9.17, 15) is 10.1 Å². The van der Waals surface area contributed by atoms with Crippen molar-refractivity contribution >= 4 is 28.7 Å². The maximum absolute atomic E-state index is 10.9. The van der Waals surface area contributed by atoms with Gasteiger partial charge in [0.2, 0.25) is 0 Å². The number of hydrogen-bond acceptors (Lipinski definition) is 6. The molecule has 0 saturated carbocycles. The van der Waals surface area contributed by atoms with E-state index in [4.69, 9.17) is 22.1 Å². The summed E-state index contributed by atoms with van der Waals surface area (Å²) < 4.78 is 5.63. The number of nitrogen functional groups attached to an aromatic ring is 1. The van der Waals surface area contributed by atoms with Crippen LogP contribution in [0.2, 0.25) is 5.02 Å². The quantitative estimate of drug-likeness (QED) is 0.337. The minimum atomic E-state index is -0.498. The summed E-state index contributed by atoms with van der Waals surface area (Å²) in [7, 11) is 0. The van der Waals surface area contributed by atoms with Gasteiger partial charge in [-0.25, -0.2) is 0 Å². The van der Waals surface area contributed by atoms with Gasteiger partial charge in [0.1, 0.15) is 11.4 Å². The number of piperazine rings is 1. The minimum absolute atomic E-state index is 0.120. The smallest absolute Gasteiger partial charge is 0.295 e. The first-order valence-electron chi connectivity index (χ1n) is 8.92. The molecule has 1 aliphatic heterocycles. The van der Waals surface area contributed by atoms with Crippen LogP contribution in [-0.2, 0) is 0 Å². The lowest BCUT2D eigenvalue weighted by molar-refractivity contribution is -0.384. The minimum Gasteiger partial charge on any atom is -0.493 e. The van der Waals surface area contributed by atoms with Crippen LogP contribution in [0.25, 0.3) is 0 Å². The van der Waals surface area contributed by atoms with Gasteiger partial charge in [-0.2, -0.15) is 0 Å². The number of hydrogen-bond donors (Lipinski definition) is 1. The van der Waals surface area contributed by atoms with E-state index in [2.05, 4.69) is 21.9 Å². The van der Waals surface area contributed by atoms with Crippen molar-refractivity contribution in [2.24, 2.45) is 0 Å². The van der Waals surface area contributed by atoms with E-state index >= 15 is 0 Å². The number of anilines is 2. The zero-order chi connectivity index (χ0) is 19.2. The molecule has 0 aliphatic carbocycles. The van der Waals surface area contributed by atoms with Gasteiger partial charge in [-0.1, -0.05) is 11.6 Å². The number of nitro groups is 1. The van der Waals surface area contributed by atoms with Crippen LogP contribution in [0.15, 0.2) is 42.5 Å². The summed E-state index contributed by atoms with van der Waals surface area (Å²) >= 11 is 5.94. The number of halogens is 1. The molecule has 1 saturated heterocycles. The van der Waals surface area contributed by atoms with Crippen LogP contribution in [0.3, 0.4) is 0 Å². The number of benzene rings is 2. The lowest BCUT2D eigenvalue weighted by Gasteiger charge is -2.36. The highest BCUT2D eigenvalue weighted by Crippen LogP contribution is 2.26. The summed E-state index contributed by atoms with van der Waals surface area (Å²) in [5.74, 6) is 0.475. The van der Waals surface area contributed by atoms with Crippen LogP contribution in [0.4, 0.5) is 17.1 Å². The van der Waals surface area contributed by atoms with Crippen molar-refractivity contribution in [2.75, 3.05) is 50.0 Å². The number of rotatable bonds is 7. The Balaban J connectivity index is 1.39. The van der Waals surface area contributed by atoms with E-state index in [0.717, 1.165) is 44.2 Å². The Morgan fingerprint density at radius 2 is 1.81 bits per heavy atom. The summed E-state index contributed by atoms with van der Waals surface area (Å²) in [5, 5.41) is 11.7. The average Bonchev–Trinajstić information content (AvgIpc) is 2.67. The van der Waals surface area contributed by atoms with Crippen molar-refractivity contribution in [3.05, 3.63) is 57.6 Å². The normalized spacial score (nSPS) is 14.9. The summed E-state index contributed by atoms with van der Waals surface area (Å²) in [6.07, 6.45) is 0.860. The first-order valence-corrected chi connectivity index (χ1v) is 9.30. The van der Waals surface area contributed by atoms with Crippen LogP contribution < -0.4 is 15.4 Å². The fourth-order valence-corrected chi connectivity index (χ4v) is 3.26. The van der Waals surface area contributed by atoms with Crippen molar-refractivity contribution in [3.63, 3.8) is 0 Å². The number of ether oxygens (including phenoxy) is 1. The molecule has 0 unspecified atom stereocenters. The molecule has 1 aliphatic rings. The van der Waals surface area contributed by atoms with Gasteiger partial charge in [0.15, 0.2) is 0 Å². The molecule has 0 atom stereocenters. The van der Waals surface area contributed by atoms with Crippen molar-refractivity contribution in [1.82, 2.24) is 4.90 Å². The molecule has 0 spiro atoms. The summed E-state index contributed by atoms with van der Waals surface area (Å²) in [6.45, 7) is 5.40. The molecule has 0 bridgehead atoms. The highest BCUT2D eigenvalue weighted by molar-refractivity contribution is 6.30. The first-order chi connectivity index (χ1) is 13.0. The van der Waals surface area contributed by atoms with Gasteiger partial charge < -0.3 is 15.4 Å². The Kier molecular flexibility index (Phi) is 6.36. The zero-order valence-electron chi connectivity index (χ0n) is 15.0. The van der Waals surface area contributed by atoms with Gasteiger partial charge in [-0.05, 0) is 42.8 Å². The van der Waals surface area contributed by atoms with Crippen molar-refractivity contribution < 1.29 is 9.66 Å². The molecule has 1 fully saturated rings. The topological polar surface area (TPSA) is 84.9 Å². The second-order valence-electron chi connectivity index (χ2n) is 6.48. The molecule has 27 heavy (non-hydrogen) atoms. The third-order valence-electron chi connectivity index (χ3n) is 4.65. The van der Waals surface area contributed by atoms with E-state index in [0.29, 0.717) is 12.4 Å². The largest absolute Gasteiger partial charge is 0.493 e. The van der Waals surface area contributed by atoms with Crippen LogP contribution in [-0.4, -0.2) is 49.2 Å². The monoisotopic (exact) mass is 390 g/mol. The molecule has 144 valence electrons. The van der Waals surface area contributed by atoms with Gasteiger partial charge >= 0.3 is 0 Å². The van der Waals surface area contributed by atoms with E-state index in [1.807, 2.05) is 12.1 Å². The Hall–Kier alpha value is -2.51. The molecular formula is C19H23ClN4O3. The molecule has 2 aromatic carbocycles. The number of nitrogens with two attached hydrogens (primary N) is 1. The van der Waals surface area contributed by atoms with Gasteiger partial charge in [0, 0.05) is 43.4 Å². The van der Waals surface area contributed by atoms with Crippen LogP contribution >= 0.6 is 11.6 Å². The highest BCUT2D eigenvalue weighted by atomic mass is 35.5. The summed E-state index contributed by atoms with van der Waals surface area (Å²) in [5.41, 5.74) is 6.81. The molecule has 0 aromatic heterocycles. The van der Waals surface area contributed by atoms with Crippen LogP contribution in [0.1, 0.15) is 6.42 Å². The lowest BCUT2D eigenvalue weighted by Crippen LogP contribution is -2.46. The fourth-order valence-electron chi connectivity index (χ4n) is 3.13. The van der Waals surface area contributed by atoms with Gasteiger partial charge in [0.05, 0.1) is 17.6 Å². The molecule has 2 aromatic rings. The van der Waals surface area contributed by atoms with Crippen molar-refractivity contribution in [1.29, 1.82) is 0 Å². The van der Waals surface area contributed by atoms with E-state index in [1.54, 1.807) is 6.07 Å². The Morgan fingerprint density at radius 1 is 1.11 bits per heavy atom. The number of nitro benzene ring substituents is 1.